The van der Waals surface area contributed by atoms with Crippen LogP contribution in [0.4, 0.5) is 0 Å². The first-order valence-electron chi connectivity index (χ1n) is 2.38. The summed E-state index contributed by atoms with van der Waals surface area (Å²) in [6, 6.07) is 1.90. The summed E-state index contributed by atoms with van der Waals surface area (Å²) >= 11 is 0. The van der Waals surface area contributed by atoms with Gasteiger partial charge in [0.2, 0.25) is 7.98 Å². The topological polar surface area (TPSA) is 4.93 Å². The molecule has 0 aromatic carbocycles. The van der Waals surface area contributed by atoms with Gasteiger partial charge >= 0.3 is 0 Å². The maximum Gasteiger partial charge on any atom is 0.233 e. The molecule has 0 bridgehead atoms. The van der Waals surface area contributed by atoms with Crippen molar-refractivity contribution in [1.29, 1.82) is 0 Å². The van der Waals surface area contributed by atoms with Crippen molar-refractivity contribution in [3.8, 4) is 0 Å². The molecule has 2 radical (unpaired) electrons. The Morgan fingerprint density at radius 1 is 1.75 bits per heavy atom. The van der Waals surface area contributed by atoms with Gasteiger partial charge in [0.25, 0.3) is 0 Å². The molecule has 0 fully saturated rings. The van der Waals surface area contributed by atoms with Crippen LogP contribution in [0.25, 0.3) is 6.08 Å². The van der Waals surface area contributed by atoms with Gasteiger partial charge in [0.1, 0.15) is 0 Å². The Kier molecular flexibility index (Phi) is 1.25. The summed E-state index contributed by atoms with van der Waals surface area (Å²) in [7, 11) is 5.32. The molecule has 38 valence electrons. The van der Waals surface area contributed by atoms with Crippen LogP contribution >= 0.6 is 0 Å². The van der Waals surface area contributed by atoms with E-state index in [4.69, 9.17) is 7.98 Å². The average Bonchev–Trinajstić information content (AvgIpc) is 2.14. The van der Waals surface area contributed by atoms with Crippen molar-refractivity contribution in [2.24, 2.45) is 0 Å². The molecule has 0 N–H and O–H groups in total. The number of hydrogen-bond acceptors (Lipinski definition) is 0. The second-order valence-corrected chi connectivity index (χ2v) is 1.60. The molecule has 1 aromatic heterocycles. The molecule has 0 aliphatic carbocycles. The Morgan fingerprint density at radius 2 is 2.50 bits per heavy atom. The summed E-state index contributed by atoms with van der Waals surface area (Å²) in [6.45, 7) is 3.58. The Morgan fingerprint density at radius 3 is 2.75 bits per heavy atom. The molecule has 0 amide bonds. The van der Waals surface area contributed by atoms with Crippen LogP contribution in [0.3, 0.4) is 0 Å². The van der Waals surface area contributed by atoms with Gasteiger partial charge in [0.05, 0.1) is 0 Å². The molecule has 0 aliphatic heterocycles. The van der Waals surface area contributed by atoms with Crippen molar-refractivity contribution in [1.82, 2.24) is 4.48 Å². The minimum atomic E-state index is 1.05. The van der Waals surface area contributed by atoms with E-state index in [-0.39, 0.29) is 0 Å². The van der Waals surface area contributed by atoms with Crippen LogP contribution in [0.15, 0.2) is 25.0 Å². The van der Waals surface area contributed by atoms with E-state index in [2.05, 4.69) is 6.58 Å². The molecule has 0 saturated heterocycles. The first-order chi connectivity index (χ1) is 3.83. The first kappa shape index (κ1) is 5.23. The minimum Gasteiger partial charge on any atom is -0.409 e. The van der Waals surface area contributed by atoms with E-state index < -0.39 is 0 Å². The second-order valence-electron chi connectivity index (χ2n) is 1.60. The van der Waals surface area contributed by atoms with E-state index in [1.165, 1.54) is 4.48 Å². The molecule has 0 atom stereocenters. The summed E-state index contributed by atoms with van der Waals surface area (Å²) < 4.78 is 1.50. The van der Waals surface area contributed by atoms with Crippen molar-refractivity contribution in [2.45, 2.75) is 0 Å². The molecule has 0 saturated carbocycles. The highest BCUT2D eigenvalue weighted by molar-refractivity contribution is 6.06. The molecule has 8 heavy (non-hydrogen) atoms. The molecule has 0 spiro atoms. The van der Waals surface area contributed by atoms with Crippen molar-refractivity contribution in [2.75, 3.05) is 0 Å². The summed E-state index contributed by atoms with van der Waals surface area (Å²) in [4.78, 5) is 0. The molecule has 1 aromatic rings. The van der Waals surface area contributed by atoms with Crippen LogP contribution in [-0.2, 0) is 0 Å². The number of rotatable bonds is 1. The molecule has 0 aliphatic rings. The van der Waals surface area contributed by atoms with Crippen LogP contribution in [0, 0.1) is 0 Å². The van der Waals surface area contributed by atoms with Gasteiger partial charge in [0.15, 0.2) is 0 Å². The normalized spacial score (nSPS) is 9.00. The lowest BCUT2D eigenvalue weighted by atomic mass is 10.3. The highest BCUT2D eigenvalue weighted by Crippen LogP contribution is 1.98. The van der Waals surface area contributed by atoms with Crippen molar-refractivity contribution in [3.63, 3.8) is 0 Å². The molecular formula is C6H6BN. The Bertz CT molecular complexity index is 190. The van der Waals surface area contributed by atoms with Crippen molar-refractivity contribution in [3.05, 3.63) is 30.6 Å². The molecule has 0 unspecified atom stereocenters. The molecular weight excluding hydrogens is 96.9 g/mol. The van der Waals surface area contributed by atoms with Crippen LogP contribution in [0.2, 0.25) is 0 Å². The van der Waals surface area contributed by atoms with Crippen molar-refractivity contribution >= 4 is 14.1 Å². The quantitative estimate of drug-likeness (QED) is 0.468. The van der Waals surface area contributed by atoms with E-state index in [0.29, 0.717) is 0 Å². The smallest absolute Gasteiger partial charge is 0.233 e. The van der Waals surface area contributed by atoms with Crippen LogP contribution in [0.1, 0.15) is 5.56 Å². The predicted octanol–water partition coefficient (Wildman–Crippen LogP) is 1.06. The Labute approximate surface area is 50.1 Å². The van der Waals surface area contributed by atoms with Crippen LogP contribution < -0.4 is 0 Å². The van der Waals surface area contributed by atoms with Gasteiger partial charge in [-0.05, 0) is 24.0 Å². The minimum absolute atomic E-state index is 1.05. The van der Waals surface area contributed by atoms with E-state index in [0.717, 1.165) is 5.56 Å². The summed E-state index contributed by atoms with van der Waals surface area (Å²) in [5, 5.41) is 0. The highest BCUT2D eigenvalue weighted by atomic mass is 14.8. The average molecular weight is 103 g/mol. The fourth-order valence-electron chi connectivity index (χ4n) is 0.551. The number of hydrogen-bond donors (Lipinski definition) is 0. The highest BCUT2D eigenvalue weighted by Gasteiger charge is 1.83. The summed E-state index contributed by atoms with van der Waals surface area (Å²) in [5.74, 6) is 0. The van der Waals surface area contributed by atoms with Gasteiger partial charge in [0, 0.05) is 0 Å². The standard InChI is InChI=1S/C6H6BN/c1-2-6-3-4-8(7)5-6/h2-5H,1H2. The zero-order chi connectivity index (χ0) is 5.98. The van der Waals surface area contributed by atoms with E-state index in [9.17, 15) is 0 Å². The molecule has 1 nitrogen and oxygen atoms in total. The second kappa shape index (κ2) is 1.91. The maximum atomic E-state index is 5.32. The zero-order valence-electron chi connectivity index (χ0n) is 4.54. The monoisotopic (exact) mass is 103 g/mol. The zero-order valence-corrected chi connectivity index (χ0v) is 4.54. The van der Waals surface area contributed by atoms with Gasteiger partial charge < -0.3 is 4.48 Å². The molecule has 1 heterocycles. The predicted molar refractivity (Wildman–Crippen MR) is 35.7 cm³/mol. The lowest BCUT2D eigenvalue weighted by Crippen LogP contribution is -1.81. The fraction of sp³-hybridized carbons (Fsp3) is 0. The third kappa shape index (κ3) is 0.834. The largest absolute Gasteiger partial charge is 0.409 e. The van der Waals surface area contributed by atoms with E-state index in [1.807, 2.05) is 6.07 Å². The maximum absolute atomic E-state index is 5.32. The fourth-order valence-corrected chi connectivity index (χ4v) is 0.551. The van der Waals surface area contributed by atoms with Crippen LogP contribution in [0.5, 0.6) is 0 Å². The lowest BCUT2D eigenvalue weighted by molar-refractivity contribution is 1.26. The van der Waals surface area contributed by atoms with Crippen molar-refractivity contribution < 1.29 is 0 Å². The molecule has 1 rings (SSSR count). The van der Waals surface area contributed by atoms with Gasteiger partial charge in [-0.3, -0.25) is 0 Å². The lowest BCUT2D eigenvalue weighted by Gasteiger charge is -1.81. The molecule has 2 heteroatoms. The third-order valence-corrected chi connectivity index (χ3v) is 0.973. The summed E-state index contributed by atoms with van der Waals surface area (Å²) in [6.07, 6.45) is 5.33. The Balaban J connectivity index is 3.00. The van der Waals surface area contributed by atoms with Crippen LogP contribution in [-0.4, -0.2) is 12.5 Å². The summed E-state index contributed by atoms with van der Waals surface area (Å²) in [5.41, 5.74) is 1.05. The van der Waals surface area contributed by atoms with E-state index >= 15 is 0 Å². The van der Waals surface area contributed by atoms with Gasteiger partial charge in [-0.25, -0.2) is 0 Å². The van der Waals surface area contributed by atoms with Gasteiger partial charge in [-0.15, -0.1) is 0 Å². The first-order valence-corrected chi connectivity index (χ1v) is 2.38. The third-order valence-electron chi connectivity index (χ3n) is 0.973. The number of nitrogens with zero attached hydrogens (tertiary/aromatic N) is 1. The SMILES string of the molecule is [B]n1ccc(C=C)c1. The van der Waals surface area contributed by atoms with Gasteiger partial charge in [-0.1, -0.05) is 12.7 Å². The van der Waals surface area contributed by atoms with Gasteiger partial charge in [-0.2, -0.15) is 0 Å². The number of aromatic nitrogens is 1. The Hall–Kier alpha value is -0.915. The van der Waals surface area contributed by atoms with E-state index in [1.54, 1.807) is 18.5 Å².